The Morgan fingerprint density at radius 1 is 1.41 bits per heavy atom. The van der Waals surface area contributed by atoms with Gasteiger partial charge in [-0.1, -0.05) is 19.8 Å². The molecule has 100 valence electrons. The largest absolute Gasteiger partial charge is 0.444 e. The molecule has 0 saturated heterocycles. The van der Waals surface area contributed by atoms with E-state index in [0.29, 0.717) is 5.92 Å². The lowest BCUT2D eigenvalue weighted by Crippen LogP contribution is -2.47. The molecule has 0 radical (unpaired) electrons. The van der Waals surface area contributed by atoms with Crippen LogP contribution in [0.4, 0.5) is 4.79 Å². The van der Waals surface area contributed by atoms with Crippen LogP contribution in [-0.2, 0) is 4.74 Å². The highest BCUT2D eigenvalue weighted by molar-refractivity contribution is 5.68. The molecule has 1 aliphatic rings. The minimum absolute atomic E-state index is 0.0404. The molecule has 3 atom stereocenters. The number of rotatable bonds is 2. The number of ether oxygens (including phenoxy) is 1. The van der Waals surface area contributed by atoms with Crippen molar-refractivity contribution in [2.45, 2.75) is 58.6 Å². The van der Waals surface area contributed by atoms with Crippen LogP contribution in [0.3, 0.4) is 0 Å². The predicted octanol–water partition coefficient (Wildman–Crippen LogP) is 2.31. The number of aliphatic hydroxyl groups excluding tert-OH is 1. The normalized spacial score (nSPS) is 29.8. The maximum atomic E-state index is 11.7. The Labute approximate surface area is 104 Å². The number of amides is 1. The van der Waals surface area contributed by atoms with Gasteiger partial charge in [-0.15, -0.1) is 0 Å². The highest BCUT2D eigenvalue weighted by Crippen LogP contribution is 2.29. The lowest BCUT2D eigenvalue weighted by Gasteiger charge is -2.36. The summed E-state index contributed by atoms with van der Waals surface area (Å²) in [6.07, 6.45) is 2.76. The molecule has 0 aromatic carbocycles. The first-order valence-electron chi connectivity index (χ1n) is 6.44. The summed E-state index contributed by atoms with van der Waals surface area (Å²) in [7, 11) is 0. The Balaban J connectivity index is 2.51. The van der Waals surface area contributed by atoms with Crippen molar-refractivity contribution >= 4 is 6.09 Å². The summed E-state index contributed by atoms with van der Waals surface area (Å²) < 4.78 is 5.24. The fourth-order valence-corrected chi connectivity index (χ4v) is 2.43. The van der Waals surface area contributed by atoms with E-state index in [9.17, 15) is 9.90 Å². The second-order valence-corrected chi connectivity index (χ2v) is 6.01. The summed E-state index contributed by atoms with van der Waals surface area (Å²) in [4.78, 5) is 11.7. The Kier molecular flexibility index (Phi) is 4.80. The minimum atomic E-state index is -0.473. The van der Waals surface area contributed by atoms with Crippen molar-refractivity contribution in [2.24, 2.45) is 11.8 Å². The molecule has 0 bridgehead atoms. The van der Waals surface area contributed by atoms with E-state index in [2.05, 4.69) is 12.2 Å². The molecule has 0 aromatic rings. The van der Waals surface area contributed by atoms with Crippen molar-refractivity contribution in [3.8, 4) is 0 Å². The van der Waals surface area contributed by atoms with Crippen LogP contribution in [0, 0.1) is 11.8 Å². The molecule has 1 aliphatic carbocycles. The average molecular weight is 243 g/mol. The molecule has 0 unspecified atom stereocenters. The van der Waals surface area contributed by atoms with Gasteiger partial charge in [0.25, 0.3) is 0 Å². The van der Waals surface area contributed by atoms with Crippen molar-refractivity contribution in [3.05, 3.63) is 0 Å². The fraction of sp³-hybridized carbons (Fsp3) is 0.923. The fourth-order valence-electron chi connectivity index (χ4n) is 2.43. The molecule has 0 heterocycles. The third-order valence-electron chi connectivity index (χ3n) is 3.34. The minimum Gasteiger partial charge on any atom is -0.444 e. The molecule has 4 heteroatoms. The van der Waals surface area contributed by atoms with Gasteiger partial charge in [-0.2, -0.15) is 0 Å². The number of hydrogen-bond acceptors (Lipinski definition) is 3. The smallest absolute Gasteiger partial charge is 0.407 e. The lowest BCUT2D eigenvalue weighted by molar-refractivity contribution is 0.0404. The van der Waals surface area contributed by atoms with Gasteiger partial charge in [0.15, 0.2) is 0 Å². The number of aliphatic hydroxyl groups is 1. The molecule has 0 aliphatic heterocycles. The first-order chi connectivity index (χ1) is 7.83. The van der Waals surface area contributed by atoms with E-state index >= 15 is 0 Å². The topological polar surface area (TPSA) is 58.6 Å². The van der Waals surface area contributed by atoms with Crippen LogP contribution in [0.2, 0.25) is 0 Å². The zero-order valence-corrected chi connectivity index (χ0v) is 11.3. The Bertz CT molecular complexity index is 260. The van der Waals surface area contributed by atoms with Gasteiger partial charge in [0, 0.05) is 18.6 Å². The SMILES string of the molecule is C[C@H]1CCC[C@H](NC(=O)OC(C)(C)C)[C@@H]1CO. The van der Waals surface area contributed by atoms with Gasteiger partial charge in [-0.3, -0.25) is 0 Å². The van der Waals surface area contributed by atoms with E-state index < -0.39 is 5.60 Å². The van der Waals surface area contributed by atoms with E-state index in [4.69, 9.17) is 4.74 Å². The number of nitrogens with one attached hydrogen (secondary N) is 1. The standard InChI is InChI=1S/C13H25NO3/c1-9-6-5-7-11(10(9)8-15)14-12(16)17-13(2,3)4/h9-11,15H,5-8H2,1-4H3,(H,14,16)/t9-,10+,11-/m0/s1. The molecule has 0 aromatic heterocycles. The third kappa shape index (κ3) is 4.54. The van der Waals surface area contributed by atoms with Crippen LogP contribution in [-0.4, -0.2) is 29.4 Å². The summed E-state index contributed by atoms with van der Waals surface area (Å²) >= 11 is 0. The van der Waals surface area contributed by atoms with Gasteiger partial charge in [0.2, 0.25) is 0 Å². The van der Waals surface area contributed by atoms with Crippen LogP contribution in [0.5, 0.6) is 0 Å². The number of carbonyl (C=O) groups excluding carboxylic acids is 1. The maximum Gasteiger partial charge on any atom is 0.407 e. The second kappa shape index (κ2) is 5.71. The molecule has 1 rings (SSSR count). The summed E-state index contributed by atoms with van der Waals surface area (Å²) in [5.41, 5.74) is -0.473. The van der Waals surface area contributed by atoms with E-state index in [1.54, 1.807) is 0 Å². The second-order valence-electron chi connectivity index (χ2n) is 6.01. The Morgan fingerprint density at radius 2 is 2.06 bits per heavy atom. The van der Waals surface area contributed by atoms with Crippen LogP contribution in [0.1, 0.15) is 47.0 Å². The van der Waals surface area contributed by atoms with Crippen molar-refractivity contribution in [3.63, 3.8) is 0 Å². The molecule has 0 spiro atoms. The van der Waals surface area contributed by atoms with Gasteiger partial charge in [0.05, 0.1) is 0 Å². The zero-order chi connectivity index (χ0) is 13.1. The monoisotopic (exact) mass is 243 g/mol. The van der Waals surface area contributed by atoms with Gasteiger partial charge in [-0.05, 0) is 33.1 Å². The van der Waals surface area contributed by atoms with Crippen molar-refractivity contribution in [1.29, 1.82) is 0 Å². The summed E-state index contributed by atoms with van der Waals surface area (Å²) in [5, 5.41) is 12.3. The van der Waals surface area contributed by atoms with Crippen LogP contribution in [0.25, 0.3) is 0 Å². The van der Waals surface area contributed by atoms with Crippen LogP contribution >= 0.6 is 0 Å². The van der Waals surface area contributed by atoms with Gasteiger partial charge < -0.3 is 15.2 Å². The summed E-state index contributed by atoms with van der Waals surface area (Å²) in [5.74, 6) is 0.602. The molecule has 2 N–H and O–H groups in total. The molecule has 17 heavy (non-hydrogen) atoms. The summed E-state index contributed by atoms with van der Waals surface area (Å²) in [6, 6.07) is 0.0404. The van der Waals surface area contributed by atoms with Gasteiger partial charge in [0.1, 0.15) is 5.60 Å². The number of hydrogen-bond donors (Lipinski definition) is 2. The molecule has 4 nitrogen and oxygen atoms in total. The number of alkyl carbamates (subject to hydrolysis) is 1. The molecule has 1 saturated carbocycles. The van der Waals surface area contributed by atoms with Crippen molar-refractivity contribution in [2.75, 3.05) is 6.61 Å². The van der Waals surface area contributed by atoms with E-state index in [1.165, 1.54) is 0 Å². The lowest BCUT2D eigenvalue weighted by atomic mass is 9.77. The Morgan fingerprint density at radius 3 is 2.59 bits per heavy atom. The van der Waals surface area contributed by atoms with Crippen LogP contribution < -0.4 is 5.32 Å². The van der Waals surface area contributed by atoms with Crippen molar-refractivity contribution < 1.29 is 14.6 Å². The summed E-state index contributed by atoms with van der Waals surface area (Å²) in [6.45, 7) is 7.80. The zero-order valence-electron chi connectivity index (χ0n) is 11.3. The predicted molar refractivity (Wildman–Crippen MR) is 66.7 cm³/mol. The first kappa shape index (κ1) is 14.3. The first-order valence-corrected chi connectivity index (χ1v) is 6.44. The van der Waals surface area contributed by atoms with Gasteiger partial charge in [-0.25, -0.2) is 4.79 Å². The van der Waals surface area contributed by atoms with Gasteiger partial charge >= 0.3 is 6.09 Å². The molecule has 1 amide bonds. The maximum absolute atomic E-state index is 11.7. The van der Waals surface area contributed by atoms with E-state index in [-0.39, 0.29) is 24.7 Å². The average Bonchev–Trinajstić information content (AvgIpc) is 2.14. The Hall–Kier alpha value is -0.770. The third-order valence-corrected chi connectivity index (χ3v) is 3.34. The highest BCUT2D eigenvalue weighted by atomic mass is 16.6. The van der Waals surface area contributed by atoms with E-state index in [0.717, 1.165) is 19.3 Å². The quantitative estimate of drug-likeness (QED) is 0.782. The van der Waals surface area contributed by atoms with E-state index in [1.807, 2.05) is 20.8 Å². The molecular formula is C13H25NO3. The number of carbonyl (C=O) groups is 1. The molecule has 1 fully saturated rings. The molecular weight excluding hydrogens is 218 g/mol. The highest BCUT2D eigenvalue weighted by Gasteiger charge is 2.32. The van der Waals surface area contributed by atoms with Crippen molar-refractivity contribution in [1.82, 2.24) is 5.32 Å². The van der Waals surface area contributed by atoms with Crippen LogP contribution in [0.15, 0.2) is 0 Å².